The van der Waals surface area contributed by atoms with Crippen molar-refractivity contribution in [1.29, 1.82) is 0 Å². The maximum atomic E-state index is 12.3. The van der Waals surface area contributed by atoms with Crippen molar-refractivity contribution in [2.75, 3.05) is 26.7 Å². The van der Waals surface area contributed by atoms with Crippen molar-refractivity contribution in [1.82, 2.24) is 15.2 Å². The van der Waals surface area contributed by atoms with Crippen molar-refractivity contribution in [3.63, 3.8) is 0 Å². The zero-order valence-electron chi connectivity index (χ0n) is 19.8. The number of methoxy groups -OCH3 is 1. The molecule has 4 rings (SSSR count). The molecular weight excluding hydrogens is 454 g/mol. The number of carbonyl (C=O) groups is 3. The highest BCUT2D eigenvalue weighted by Gasteiger charge is 2.42. The number of benzene rings is 1. The zero-order chi connectivity index (χ0) is 25.5. The van der Waals surface area contributed by atoms with E-state index in [0.29, 0.717) is 12.1 Å². The molecule has 10 heteroatoms. The first-order valence-corrected chi connectivity index (χ1v) is 11.4. The third kappa shape index (κ3) is 8.99. The molecule has 1 aromatic carbocycles. The van der Waals surface area contributed by atoms with Crippen LogP contribution in [-0.2, 0) is 20.9 Å². The van der Waals surface area contributed by atoms with Crippen molar-refractivity contribution in [2.24, 2.45) is 0 Å². The Morgan fingerprint density at radius 2 is 1.94 bits per heavy atom. The first-order valence-electron chi connectivity index (χ1n) is 11.4. The molecule has 2 fully saturated rings. The van der Waals surface area contributed by atoms with Crippen molar-refractivity contribution >= 4 is 18.9 Å². The minimum Gasteiger partial charge on any atom is -0.497 e. The summed E-state index contributed by atoms with van der Waals surface area (Å²) in [7, 11) is 1.70. The number of carbonyl (C=O) groups excluding carboxylic acids is 1. The number of carboxylic acid groups (broad SMARTS) is 2. The first kappa shape index (κ1) is 27.7. The number of likely N-dealkylation sites (tertiary alicyclic amines) is 1. The zero-order valence-corrected chi connectivity index (χ0v) is 19.8. The van der Waals surface area contributed by atoms with Gasteiger partial charge in [-0.3, -0.25) is 24.3 Å². The van der Waals surface area contributed by atoms with Crippen LogP contribution in [0.4, 0.5) is 0 Å². The smallest absolute Gasteiger partial charge is 0.290 e. The Labute approximate surface area is 204 Å². The standard InChI is InChI=1S/C23H29N3O3.2CH2O2/c1-28-20-5-2-4-18(14-20)16-26-13-10-23(17-26)9-3-6-21(29-23)15-25-22(27)19-7-11-24-12-8-19;2*2-1-3/h2,4-5,7-8,11-12,14,21H,3,6,9-10,13,15-17H2,1H3,(H,25,27);2*1H,(H,2,3)/t21-,23+;;/m0../s1. The van der Waals surface area contributed by atoms with Gasteiger partial charge in [0.25, 0.3) is 18.9 Å². The fourth-order valence-electron chi connectivity index (χ4n) is 4.47. The van der Waals surface area contributed by atoms with E-state index in [4.69, 9.17) is 29.3 Å². The lowest BCUT2D eigenvalue weighted by Crippen LogP contribution is -2.46. The van der Waals surface area contributed by atoms with E-state index in [1.807, 2.05) is 12.1 Å². The largest absolute Gasteiger partial charge is 0.497 e. The van der Waals surface area contributed by atoms with Crippen LogP contribution in [0.2, 0.25) is 0 Å². The monoisotopic (exact) mass is 487 g/mol. The van der Waals surface area contributed by atoms with E-state index in [1.54, 1.807) is 31.6 Å². The van der Waals surface area contributed by atoms with E-state index in [9.17, 15) is 4.79 Å². The summed E-state index contributed by atoms with van der Waals surface area (Å²) in [6.45, 7) is 2.94. The average molecular weight is 488 g/mol. The van der Waals surface area contributed by atoms with Gasteiger partial charge in [-0.15, -0.1) is 0 Å². The summed E-state index contributed by atoms with van der Waals surface area (Å²) in [5.74, 6) is 0.831. The Morgan fingerprint density at radius 1 is 1.23 bits per heavy atom. The van der Waals surface area contributed by atoms with Crippen LogP contribution in [0.15, 0.2) is 48.8 Å². The van der Waals surface area contributed by atoms with Crippen molar-refractivity contribution in [3.05, 3.63) is 59.9 Å². The van der Waals surface area contributed by atoms with Crippen molar-refractivity contribution in [2.45, 2.75) is 43.9 Å². The van der Waals surface area contributed by atoms with Crippen LogP contribution in [0.5, 0.6) is 5.75 Å². The summed E-state index contributed by atoms with van der Waals surface area (Å²) in [4.78, 5) is 35.4. The summed E-state index contributed by atoms with van der Waals surface area (Å²) >= 11 is 0. The van der Waals surface area contributed by atoms with E-state index < -0.39 is 0 Å². The molecule has 2 aromatic rings. The minimum absolute atomic E-state index is 0.0679. The lowest BCUT2D eigenvalue weighted by molar-refractivity contribution is -0.123. The molecule has 2 aliphatic rings. The number of ether oxygens (including phenoxy) is 2. The van der Waals surface area contributed by atoms with Crippen LogP contribution >= 0.6 is 0 Å². The number of pyridine rings is 1. The summed E-state index contributed by atoms with van der Waals surface area (Å²) in [6.07, 6.45) is 7.62. The van der Waals surface area contributed by atoms with Gasteiger partial charge in [0.1, 0.15) is 5.75 Å². The number of nitrogens with zero attached hydrogens (tertiary/aromatic N) is 2. The topological polar surface area (TPSA) is 138 Å². The van der Waals surface area contributed by atoms with Crippen LogP contribution in [0.3, 0.4) is 0 Å². The van der Waals surface area contributed by atoms with Crippen LogP contribution in [0.1, 0.15) is 41.6 Å². The highest BCUT2D eigenvalue weighted by atomic mass is 16.5. The van der Waals surface area contributed by atoms with Gasteiger partial charge in [0.15, 0.2) is 0 Å². The van der Waals surface area contributed by atoms with Crippen LogP contribution in [-0.4, -0.2) is 77.4 Å². The number of aromatic nitrogens is 1. The molecular formula is C25H33N3O7. The van der Waals surface area contributed by atoms with E-state index in [-0.39, 0.29) is 30.6 Å². The van der Waals surface area contributed by atoms with Crippen LogP contribution < -0.4 is 10.1 Å². The van der Waals surface area contributed by atoms with Gasteiger partial charge in [0.2, 0.25) is 0 Å². The number of rotatable bonds is 6. The molecule has 10 nitrogen and oxygen atoms in total. The van der Waals surface area contributed by atoms with Gasteiger partial charge in [-0.05, 0) is 55.5 Å². The molecule has 3 N–H and O–H groups in total. The summed E-state index contributed by atoms with van der Waals surface area (Å²) in [5.41, 5.74) is 1.82. The molecule has 2 aliphatic heterocycles. The Balaban J connectivity index is 0.000000655. The molecule has 0 aliphatic carbocycles. The maximum absolute atomic E-state index is 12.3. The highest BCUT2D eigenvalue weighted by molar-refractivity contribution is 5.93. The van der Waals surface area contributed by atoms with E-state index in [2.05, 4.69) is 27.3 Å². The molecule has 0 radical (unpaired) electrons. The summed E-state index contributed by atoms with van der Waals surface area (Å²) in [6, 6.07) is 11.7. The minimum atomic E-state index is -0.250. The van der Waals surface area contributed by atoms with Gasteiger partial charge in [-0.25, -0.2) is 0 Å². The molecule has 35 heavy (non-hydrogen) atoms. The van der Waals surface area contributed by atoms with Crippen LogP contribution in [0.25, 0.3) is 0 Å². The van der Waals surface area contributed by atoms with Gasteiger partial charge < -0.3 is 25.0 Å². The fourth-order valence-corrected chi connectivity index (χ4v) is 4.47. The third-order valence-corrected chi connectivity index (χ3v) is 5.94. The molecule has 2 atom stereocenters. The van der Waals surface area contributed by atoms with Gasteiger partial charge >= 0.3 is 0 Å². The number of hydrogen-bond donors (Lipinski definition) is 3. The molecule has 1 aromatic heterocycles. The fraction of sp³-hybridized carbons (Fsp3) is 0.440. The summed E-state index contributed by atoms with van der Waals surface area (Å²) < 4.78 is 11.9. The second-order valence-electron chi connectivity index (χ2n) is 8.28. The number of nitrogens with one attached hydrogen (secondary N) is 1. The van der Waals surface area contributed by atoms with Crippen molar-refractivity contribution < 1.29 is 34.1 Å². The molecule has 0 saturated carbocycles. The van der Waals surface area contributed by atoms with Crippen LogP contribution in [0, 0.1) is 0 Å². The Kier molecular flexibility index (Phi) is 11.6. The van der Waals surface area contributed by atoms with E-state index in [1.165, 1.54) is 5.56 Å². The van der Waals surface area contributed by atoms with Gasteiger partial charge in [0.05, 0.1) is 18.8 Å². The van der Waals surface area contributed by atoms with Crippen molar-refractivity contribution in [3.8, 4) is 5.75 Å². The van der Waals surface area contributed by atoms with E-state index in [0.717, 1.165) is 51.1 Å². The Morgan fingerprint density at radius 3 is 2.63 bits per heavy atom. The number of amides is 1. The lowest BCUT2D eigenvalue weighted by Gasteiger charge is -2.39. The second kappa shape index (κ2) is 14.7. The van der Waals surface area contributed by atoms with Gasteiger partial charge in [-0.1, -0.05) is 12.1 Å². The molecule has 3 heterocycles. The Bertz CT molecular complexity index is 922. The van der Waals surface area contributed by atoms with E-state index >= 15 is 0 Å². The third-order valence-electron chi connectivity index (χ3n) is 5.94. The van der Waals surface area contributed by atoms with Gasteiger partial charge in [0, 0.05) is 44.1 Å². The molecule has 190 valence electrons. The normalized spacial score (nSPS) is 21.0. The maximum Gasteiger partial charge on any atom is 0.290 e. The predicted molar refractivity (Wildman–Crippen MR) is 128 cm³/mol. The average Bonchev–Trinajstić information content (AvgIpc) is 3.25. The molecule has 1 amide bonds. The molecule has 0 unspecified atom stereocenters. The Hall–Kier alpha value is -3.50. The first-order chi connectivity index (χ1) is 17.0. The predicted octanol–water partition coefficient (Wildman–Crippen LogP) is 2.44. The number of hydrogen-bond acceptors (Lipinski definition) is 7. The van der Waals surface area contributed by atoms with Gasteiger partial charge in [-0.2, -0.15) is 0 Å². The SMILES string of the molecule is COc1cccc(CN2CC[C@]3(CCC[C@@H](CNC(=O)c4ccncc4)O3)C2)c1.O=CO.O=CO. The molecule has 0 bridgehead atoms. The lowest BCUT2D eigenvalue weighted by atomic mass is 9.90. The second-order valence-corrected chi connectivity index (χ2v) is 8.28. The molecule has 1 spiro atoms. The summed E-state index contributed by atoms with van der Waals surface area (Å²) in [5, 5.41) is 16.8. The quantitative estimate of drug-likeness (QED) is 0.524. The molecule has 2 saturated heterocycles. The highest BCUT2D eigenvalue weighted by Crippen LogP contribution is 2.37.